The van der Waals surface area contributed by atoms with Crippen LogP contribution in [0.3, 0.4) is 0 Å². The summed E-state index contributed by atoms with van der Waals surface area (Å²) in [6.45, 7) is 3.07. The number of likely N-dealkylation sites (tertiary alicyclic amines) is 1. The number of benzene rings is 5. The van der Waals surface area contributed by atoms with E-state index in [2.05, 4.69) is 38.0 Å². The molecule has 14 nitrogen and oxygen atoms in total. The second kappa shape index (κ2) is 21.4. The molecule has 67 heavy (non-hydrogen) atoms. The molecule has 7 N–H and O–H groups in total. The van der Waals surface area contributed by atoms with Crippen LogP contribution in [-0.2, 0) is 33.0 Å². The third-order valence-corrected chi connectivity index (χ3v) is 12.9. The van der Waals surface area contributed by atoms with Gasteiger partial charge in [0.05, 0.1) is 28.8 Å². The lowest BCUT2D eigenvalue weighted by molar-refractivity contribution is -0.164. The normalized spacial score (nSPS) is 17.7. The number of rotatable bonds is 18. The van der Waals surface area contributed by atoms with E-state index in [9.17, 15) is 34.5 Å². The van der Waals surface area contributed by atoms with Crippen LogP contribution in [0, 0.1) is 5.92 Å². The van der Waals surface area contributed by atoms with Crippen LogP contribution in [0.1, 0.15) is 70.0 Å². The summed E-state index contributed by atoms with van der Waals surface area (Å²) in [4.78, 5) is 56.7. The van der Waals surface area contributed by atoms with Crippen molar-refractivity contribution >= 4 is 40.3 Å². The number of nitrogens with zero attached hydrogens (tertiary/aromatic N) is 1. The fourth-order valence-electron chi connectivity index (χ4n) is 8.74. The molecule has 1 aliphatic carbocycles. The van der Waals surface area contributed by atoms with Crippen LogP contribution < -0.4 is 26.2 Å². The first-order valence-corrected chi connectivity index (χ1v) is 22.9. The molecule has 1 saturated carbocycles. The van der Waals surface area contributed by atoms with Gasteiger partial charge in [0.1, 0.15) is 11.5 Å². The number of aliphatic hydroxyl groups is 2. The molecule has 1 saturated heterocycles. The summed E-state index contributed by atoms with van der Waals surface area (Å²) in [6.07, 6.45) is 1.85. The summed E-state index contributed by atoms with van der Waals surface area (Å²) in [5.41, 5.74) is 1.28. The number of halogens is 1. The molecule has 2 aliphatic rings. The van der Waals surface area contributed by atoms with Gasteiger partial charge in [-0.1, -0.05) is 96.5 Å². The Morgan fingerprint density at radius 1 is 0.821 bits per heavy atom. The number of aromatic amines is 1. The molecule has 1 aliphatic heterocycles. The van der Waals surface area contributed by atoms with Crippen LogP contribution in [-0.4, -0.2) is 87.9 Å². The number of amides is 2. The second-order valence-corrected chi connectivity index (χ2v) is 17.8. The first-order chi connectivity index (χ1) is 32.4. The third-order valence-electron chi connectivity index (χ3n) is 12.6. The number of aliphatic hydroxyl groups excluding tert-OH is 1. The molecule has 1 aromatic heterocycles. The van der Waals surface area contributed by atoms with E-state index < -0.39 is 17.7 Å². The standard InChI is InChI=1S/C52H54ClN5O9/c53-44-24-35(28-54-29-46(60)41-16-18-45(59)49-42(41)17-19-47(61)57-49)14-15-43(44)50(63)56-39-26-38(27-39)55-48(62)32-66-40-13-7-12-37(25-40)52(65,36-10-5-2-6-11-36)51(64)67-31-34-20-22-58(23-21-34)30-33-8-3-1-4-9-33/h1-19,24-25,34,38-39,46,54,59-60,65H,20-23,26-32H2,(H,55,62)(H,56,63)(H,57,61)/t38-,39-,46-,52?/m0/s1. The Balaban J connectivity index is 0.774. The van der Waals surface area contributed by atoms with Crippen molar-refractivity contribution in [3.8, 4) is 11.5 Å². The Labute approximate surface area is 392 Å². The number of piperidine rings is 1. The first-order valence-electron chi connectivity index (χ1n) is 22.5. The van der Waals surface area contributed by atoms with E-state index in [1.807, 2.05) is 18.2 Å². The maximum absolute atomic E-state index is 13.8. The van der Waals surface area contributed by atoms with Crippen molar-refractivity contribution in [3.63, 3.8) is 0 Å². The van der Waals surface area contributed by atoms with Gasteiger partial charge in [-0.15, -0.1) is 0 Å². The van der Waals surface area contributed by atoms with Crippen LogP contribution in [0.25, 0.3) is 10.9 Å². The van der Waals surface area contributed by atoms with Gasteiger partial charge in [0.2, 0.25) is 11.2 Å². The summed E-state index contributed by atoms with van der Waals surface area (Å²) in [5, 5.41) is 43.0. The van der Waals surface area contributed by atoms with Gasteiger partial charge >= 0.3 is 5.97 Å². The number of nitrogens with one attached hydrogen (secondary N) is 4. The van der Waals surface area contributed by atoms with Crippen LogP contribution in [0.4, 0.5) is 0 Å². The maximum Gasteiger partial charge on any atom is 0.347 e. The van der Waals surface area contributed by atoms with Crippen LogP contribution >= 0.6 is 11.6 Å². The van der Waals surface area contributed by atoms with Gasteiger partial charge in [-0.25, -0.2) is 4.79 Å². The van der Waals surface area contributed by atoms with Crippen LogP contribution in [0.5, 0.6) is 11.5 Å². The average Bonchev–Trinajstić information content (AvgIpc) is 3.33. The van der Waals surface area contributed by atoms with Crippen molar-refractivity contribution in [1.29, 1.82) is 0 Å². The van der Waals surface area contributed by atoms with Gasteiger partial charge in [0, 0.05) is 48.7 Å². The van der Waals surface area contributed by atoms with Gasteiger partial charge in [-0.05, 0) is 103 Å². The highest BCUT2D eigenvalue weighted by molar-refractivity contribution is 6.33. The largest absolute Gasteiger partial charge is 0.506 e. The minimum Gasteiger partial charge on any atom is -0.506 e. The molecule has 2 fully saturated rings. The molecule has 2 heterocycles. The number of ether oxygens (including phenoxy) is 2. The Morgan fingerprint density at radius 3 is 2.28 bits per heavy atom. The molecule has 15 heteroatoms. The zero-order valence-corrected chi connectivity index (χ0v) is 37.6. The molecule has 0 bridgehead atoms. The van der Waals surface area contributed by atoms with E-state index in [0.29, 0.717) is 41.5 Å². The van der Waals surface area contributed by atoms with Gasteiger partial charge in [-0.3, -0.25) is 19.3 Å². The molecule has 6 aromatic rings. The number of phenols is 1. The monoisotopic (exact) mass is 927 g/mol. The summed E-state index contributed by atoms with van der Waals surface area (Å²) in [6, 6.07) is 36.1. The lowest BCUT2D eigenvalue weighted by Crippen LogP contribution is -2.54. The van der Waals surface area contributed by atoms with Gasteiger partial charge in [-0.2, -0.15) is 0 Å². The average molecular weight is 928 g/mol. The zero-order chi connectivity index (χ0) is 46.9. The number of hydrogen-bond donors (Lipinski definition) is 7. The fraction of sp³-hybridized carbons (Fsp3) is 0.308. The van der Waals surface area contributed by atoms with Crippen LogP contribution in [0.2, 0.25) is 5.02 Å². The number of H-pyrrole nitrogens is 1. The van der Waals surface area contributed by atoms with Crippen molar-refractivity contribution in [3.05, 3.63) is 176 Å². The summed E-state index contributed by atoms with van der Waals surface area (Å²) < 4.78 is 11.7. The van der Waals surface area contributed by atoms with Gasteiger partial charge in [0.25, 0.3) is 11.8 Å². The van der Waals surface area contributed by atoms with Crippen molar-refractivity contribution in [2.75, 3.05) is 32.8 Å². The van der Waals surface area contributed by atoms with Gasteiger partial charge in [0.15, 0.2) is 6.61 Å². The maximum atomic E-state index is 13.8. The highest BCUT2D eigenvalue weighted by Gasteiger charge is 2.42. The first kappa shape index (κ1) is 47.0. The molecule has 2 amide bonds. The van der Waals surface area contributed by atoms with Gasteiger partial charge < -0.3 is 45.7 Å². The number of pyridine rings is 1. The van der Waals surface area contributed by atoms with E-state index in [1.165, 1.54) is 17.7 Å². The summed E-state index contributed by atoms with van der Waals surface area (Å²) in [5.74, 6) is -1.11. The number of esters is 1. The SMILES string of the molecule is O=C(COc1cccc(C(O)(C(=O)OCC2CCN(Cc3ccccc3)CC2)c2ccccc2)c1)N[C@H]1C[C@H](NC(=O)c2ccc(CNC[C@H](O)c3ccc(O)c4[nH]c(=O)ccc34)cc2Cl)C1. The number of fused-ring (bicyclic) bond motifs is 1. The quantitative estimate of drug-likeness (QED) is 0.0510. The van der Waals surface area contributed by atoms with E-state index >= 15 is 0 Å². The lowest BCUT2D eigenvalue weighted by Gasteiger charge is -2.36. The van der Waals surface area contributed by atoms with Crippen molar-refractivity contribution in [1.82, 2.24) is 25.8 Å². The van der Waals surface area contributed by atoms with Crippen molar-refractivity contribution < 1.29 is 39.2 Å². The number of hydrogen-bond acceptors (Lipinski definition) is 11. The number of aromatic hydroxyl groups is 1. The van der Waals surface area contributed by atoms with E-state index in [0.717, 1.165) is 38.0 Å². The smallest absolute Gasteiger partial charge is 0.347 e. The molecule has 2 atom stereocenters. The predicted octanol–water partition coefficient (Wildman–Crippen LogP) is 5.86. The second-order valence-electron chi connectivity index (χ2n) is 17.3. The highest BCUT2D eigenvalue weighted by Crippen LogP contribution is 2.34. The molecule has 1 unspecified atom stereocenters. The number of phenolic OH excluding ortho intramolecular Hbond substituents is 1. The molecular weight excluding hydrogens is 874 g/mol. The highest BCUT2D eigenvalue weighted by atomic mass is 35.5. The van der Waals surface area contributed by atoms with Crippen molar-refractivity contribution in [2.24, 2.45) is 5.92 Å². The molecular formula is C52H54ClN5O9. The fourth-order valence-corrected chi connectivity index (χ4v) is 9.03. The minimum absolute atomic E-state index is 0.0878. The minimum atomic E-state index is -2.12. The Morgan fingerprint density at radius 2 is 1.54 bits per heavy atom. The Kier molecular flexibility index (Phi) is 15.0. The van der Waals surface area contributed by atoms with E-state index in [-0.39, 0.29) is 82.7 Å². The predicted molar refractivity (Wildman–Crippen MR) is 254 cm³/mol. The lowest BCUT2D eigenvalue weighted by atomic mass is 9.86. The Bertz CT molecular complexity index is 2740. The zero-order valence-electron chi connectivity index (χ0n) is 36.8. The molecule has 5 aromatic carbocycles. The van der Waals surface area contributed by atoms with Crippen molar-refractivity contribution in [2.45, 2.75) is 62.6 Å². The molecule has 0 spiro atoms. The third kappa shape index (κ3) is 11.5. The topological polar surface area (TPSA) is 203 Å². The summed E-state index contributed by atoms with van der Waals surface area (Å²) >= 11 is 6.53. The molecule has 8 rings (SSSR count). The van der Waals surface area contributed by atoms with Crippen LogP contribution in [0.15, 0.2) is 132 Å². The molecule has 0 radical (unpaired) electrons. The van der Waals surface area contributed by atoms with E-state index in [4.69, 9.17) is 21.1 Å². The number of aromatic nitrogens is 1. The molecule has 348 valence electrons. The number of carbonyl (C=O) groups is 3. The van der Waals surface area contributed by atoms with E-state index in [1.54, 1.807) is 84.9 Å². The summed E-state index contributed by atoms with van der Waals surface area (Å²) in [7, 11) is 0. The Hall–Kier alpha value is -6.55. The number of carbonyl (C=O) groups excluding carboxylic acids is 3.